The van der Waals surface area contributed by atoms with Crippen LogP contribution in [0, 0.1) is 18.6 Å². The number of anilines is 3. The summed E-state index contributed by atoms with van der Waals surface area (Å²) in [7, 11) is 0. The Bertz CT molecular complexity index is 535. The maximum Gasteiger partial charge on any atom is 0.154 e. The van der Waals surface area contributed by atoms with Gasteiger partial charge in [0.2, 0.25) is 0 Å². The van der Waals surface area contributed by atoms with Gasteiger partial charge in [-0.1, -0.05) is 6.07 Å². The van der Waals surface area contributed by atoms with Gasteiger partial charge in [-0.3, -0.25) is 0 Å². The van der Waals surface area contributed by atoms with Gasteiger partial charge < -0.3 is 11.1 Å². The lowest BCUT2D eigenvalue weighted by Crippen LogP contribution is -2.03. The van der Waals surface area contributed by atoms with Gasteiger partial charge >= 0.3 is 0 Å². The Kier molecular flexibility index (Phi) is 2.91. The zero-order valence-electron chi connectivity index (χ0n) is 9.17. The van der Waals surface area contributed by atoms with Crippen molar-refractivity contribution in [3.8, 4) is 0 Å². The lowest BCUT2D eigenvalue weighted by atomic mass is 10.2. The van der Waals surface area contributed by atoms with Crippen LogP contribution in [-0.4, -0.2) is 4.98 Å². The van der Waals surface area contributed by atoms with Crippen molar-refractivity contribution < 1.29 is 8.78 Å². The van der Waals surface area contributed by atoms with Crippen LogP contribution in [0.15, 0.2) is 30.3 Å². The van der Waals surface area contributed by atoms with E-state index in [9.17, 15) is 8.78 Å². The SMILES string of the molecule is Cc1ccc(N)c(Nc2c(F)cccc2F)n1. The van der Waals surface area contributed by atoms with E-state index in [-0.39, 0.29) is 11.5 Å². The molecule has 88 valence electrons. The highest BCUT2D eigenvalue weighted by atomic mass is 19.1. The average molecular weight is 235 g/mol. The number of aryl methyl sites for hydroxylation is 1. The molecule has 0 aliphatic heterocycles. The molecule has 0 radical (unpaired) electrons. The number of nitrogens with one attached hydrogen (secondary N) is 1. The Morgan fingerprint density at radius 1 is 1.12 bits per heavy atom. The third kappa shape index (κ3) is 2.33. The van der Waals surface area contributed by atoms with Crippen LogP contribution in [0.3, 0.4) is 0 Å². The molecular weight excluding hydrogens is 224 g/mol. The first-order valence-electron chi connectivity index (χ1n) is 5.02. The summed E-state index contributed by atoms with van der Waals surface area (Å²) in [6, 6.07) is 6.97. The van der Waals surface area contributed by atoms with Crippen molar-refractivity contribution in [1.29, 1.82) is 0 Å². The predicted molar refractivity (Wildman–Crippen MR) is 63.0 cm³/mol. The number of benzene rings is 1. The molecule has 17 heavy (non-hydrogen) atoms. The molecular formula is C12H11F2N3. The topological polar surface area (TPSA) is 50.9 Å². The molecule has 5 heteroatoms. The fraction of sp³-hybridized carbons (Fsp3) is 0.0833. The largest absolute Gasteiger partial charge is 0.396 e. The Morgan fingerprint density at radius 3 is 2.41 bits per heavy atom. The molecule has 0 saturated heterocycles. The summed E-state index contributed by atoms with van der Waals surface area (Å²) < 4.78 is 26.8. The third-order valence-corrected chi connectivity index (χ3v) is 2.27. The minimum absolute atomic E-state index is 0.244. The van der Waals surface area contributed by atoms with E-state index in [1.165, 1.54) is 6.07 Å². The molecule has 0 unspecified atom stereocenters. The molecule has 0 atom stereocenters. The summed E-state index contributed by atoms with van der Waals surface area (Å²) in [6.45, 7) is 1.77. The van der Waals surface area contributed by atoms with E-state index >= 15 is 0 Å². The van der Waals surface area contributed by atoms with Crippen LogP contribution in [0.25, 0.3) is 0 Å². The lowest BCUT2D eigenvalue weighted by Gasteiger charge is -2.10. The van der Waals surface area contributed by atoms with Gasteiger partial charge in [-0.15, -0.1) is 0 Å². The summed E-state index contributed by atoms with van der Waals surface area (Å²) >= 11 is 0. The number of rotatable bonds is 2. The van der Waals surface area contributed by atoms with Gasteiger partial charge in [-0.2, -0.15) is 0 Å². The standard InChI is InChI=1S/C12H11F2N3/c1-7-5-6-10(15)12(16-7)17-11-8(13)3-2-4-9(11)14/h2-6H,15H2,1H3,(H,16,17). The highest BCUT2D eigenvalue weighted by Gasteiger charge is 2.10. The van der Waals surface area contributed by atoms with Crippen molar-refractivity contribution in [3.05, 3.63) is 47.7 Å². The van der Waals surface area contributed by atoms with Crippen molar-refractivity contribution in [3.63, 3.8) is 0 Å². The first-order valence-corrected chi connectivity index (χ1v) is 5.02. The quantitative estimate of drug-likeness (QED) is 0.841. The number of nitrogen functional groups attached to an aromatic ring is 1. The molecule has 0 bridgehead atoms. The molecule has 0 saturated carbocycles. The number of halogens is 2. The second kappa shape index (κ2) is 4.37. The molecule has 2 rings (SSSR count). The fourth-order valence-electron chi connectivity index (χ4n) is 1.40. The second-order valence-corrected chi connectivity index (χ2v) is 3.61. The molecule has 3 nitrogen and oxygen atoms in total. The van der Waals surface area contributed by atoms with E-state index in [0.29, 0.717) is 11.4 Å². The number of para-hydroxylation sites is 1. The number of nitrogens with two attached hydrogens (primary N) is 1. The maximum atomic E-state index is 13.4. The Hall–Kier alpha value is -2.17. The van der Waals surface area contributed by atoms with Crippen LogP contribution in [0.4, 0.5) is 26.0 Å². The van der Waals surface area contributed by atoms with Gasteiger partial charge in [0.15, 0.2) is 5.82 Å². The normalized spacial score (nSPS) is 10.3. The van der Waals surface area contributed by atoms with Crippen LogP contribution >= 0.6 is 0 Å². The first-order chi connectivity index (χ1) is 8.08. The Balaban J connectivity index is 2.41. The van der Waals surface area contributed by atoms with Crippen LogP contribution < -0.4 is 11.1 Å². The Labute approximate surface area is 97.3 Å². The minimum atomic E-state index is -0.687. The number of hydrogen-bond acceptors (Lipinski definition) is 3. The zero-order valence-corrected chi connectivity index (χ0v) is 9.17. The van der Waals surface area contributed by atoms with E-state index in [4.69, 9.17) is 5.73 Å². The van der Waals surface area contributed by atoms with Crippen molar-refractivity contribution >= 4 is 17.2 Å². The number of hydrogen-bond donors (Lipinski definition) is 2. The molecule has 1 aromatic heterocycles. The van der Waals surface area contributed by atoms with E-state index in [2.05, 4.69) is 10.3 Å². The molecule has 2 aromatic rings. The summed E-state index contributed by atoms with van der Waals surface area (Å²) in [5.74, 6) is -1.13. The minimum Gasteiger partial charge on any atom is -0.396 e. The molecule has 1 aromatic carbocycles. The number of nitrogens with zero attached hydrogens (tertiary/aromatic N) is 1. The predicted octanol–water partition coefficient (Wildman–Crippen LogP) is 2.99. The van der Waals surface area contributed by atoms with E-state index in [1.54, 1.807) is 19.1 Å². The summed E-state index contributed by atoms with van der Waals surface area (Å²) in [4.78, 5) is 4.08. The third-order valence-electron chi connectivity index (χ3n) is 2.27. The van der Waals surface area contributed by atoms with Gasteiger partial charge in [0, 0.05) is 5.69 Å². The van der Waals surface area contributed by atoms with Gasteiger partial charge in [0.25, 0.3) is 0 Å². The van der Waals surface area contributed by atoms with Gasteiger partial charge in [-0.25, -0.2) is 13.8 Å². The van der Waals surface area contributed by atoms with E-state index < -0.39 is 11.6 Å². The molecule has 0 spiro atoms. The van der Waals surface area contributed by atoms with Crippen LogP contribution in [-0.2, 0) is 0 Å². The summed E-state index contributed by atoms with van der Waals surface area (Å²) in [5.41, 5.74) is 6.45. The van der Waals surface area contributed by atoms with Crippen molar-refractivity contribution in [2.24, 2.45) is 0 Å². The Morgan fingerprint density at radius 2 is 1.76 bits per heavy atom. The molecule has 0 aliphatic carbocycles. The van der Waals surface area contributed by atoms with Crippen LogP contribution in [0.5, 0.6) is 0 Å². The number of aromatic nitrogens is 1. The average Bonchev–Trinajstić information content (AvgIpc) is 2.28. The van der Waals surface area contributed by atoms with Gasteiger partial charge in [-0.05, 0) is 31.2 Å². The smallest absolute Gasteiger partial charge is 0.154 e. The highest BCUT2D eigenvalue weighted by molar-refractivity contribution is 5.69. The second-order valence-electron chi connectivity index (χ2n) is 3.61. The number of pyridine rings is 1. The van der Waals surface area contributed by atoms with Crippen LogP contribution in [0.1, 0.15) is 5.69 Å². The molecule has 0 fully saturated rings. The van der Waals surface area contributed by atoms with Crippen molar-refractivity contribution in [2.75, 3.05) is 11.1 Å². The highest BCUT2D eigenvalue weighted by Crippen LogP contribution is 2.25. The molecule has 0 aliphatic rings. The van der Waals surface area contributed by atoms with E-state index in [0.717, 1.165) is 12.1 Å². The lowest BCUT2D eigenvalue weighted by molar-refractivity contribution is 0.590. The summed E-state index contributed by atoms with van der Waals surface area (Å²) in [6.07, 6.45) is 0. The molecule has 0 amide bonds. The van der Waals surface area contributed by atoms with Crippen LogP contribution in [0.2, 0.25) is 0 Å². The van der Waals surface area contributed by atoms with Gasteiger partial charge in [0.1, 0.15) is 17.3 Å². The van der Waals surface area contributed by atoms with Gasteiger partial charge in [0.05, 0.1) is 5.69 Å². The van der Waals surface area contributed by atoms with E-state index in [1.807, 2.05) is 0 Å². The monoisotopic (exact) mass is 235 g/mol. The summed E-state index contributed by atoms with van der Waals surface area (Å²) in [5, 5.41) is 2.56. The molecule has 3 N–H and O–H groups in total. The van der Waals surface area contributed by atoms with Crippen molar-refractivity contribution in [2.45, 2.75) is 6.92 Å². The van der Waals surface area contributed by atoms with Crippen molar-refractivity contribution in [1.82, 2.24) is 4.98 Å². The molecule has 1 heterocycles. The fourth-order valence-corrected chi connectivity index (χ4v) is 1.40. The first kappa shape index (κ1) is 11.3. The zero-order chi connectivity index (χ0) is 12.4. The maximum absolute atomic E-state index is 13.4.